The van der Waals surface area contributed by atoms with E-state index in [0.29, 0.717) is 21.7 Å². The average Bonchev–Trinajstić information content (AvgIpc) is 3.23. The molecule has 0 aliphatic carbocycles. The van der Waals surface area contributed by atoms with Crippen molar-refractivity contribution < 1.29 is 9.90 Å². The molecule has 1 fully saturated rings. The Hall–Kier alpha value is -1.77. The summed E-state index contributed by atoms with van der Waals surface area (Å²) in [4.78, 5) is 18.4. The minimum atomic E-state index is -0.180. The Labute approximate surface area is 155 Å². The molecule has 0 radical (unpaired) electrons. The number of hydrogen-bond acceptors (Lipinski definition) is 7. The van der Waals surface area contributed by atoms with Gasteiger partial charge in [-0.05, 0) is 32.8 Å². The SMILES string of the molecule is CC(C)Nc1cc(Cl)ncc1-c1nnc(C(=O)N2CCCC2CO)s1. The summed E-state index contributed by atoms with van der Waals surface area (Å²) < 4.78 is 0. The second kappa shape index (κ2) is 7.63. The van der Waals surface area contributed by atoms with E-state index in [-0.39, 0.29) is 24.6 Å². The number of nitrogens with zero attached hydrogens (tertiary/aromatic N) is 4. The van der Waals surface area contributed by atoms with Crippen molar-refractivity contribution in [2.24, 2.45) is 0 Å². The van der Waals surface area contributed by atoms with Crippen molar-refractivity contribution in [2.45, 2.75) is 38.8 Å². The topological polar surface area (TPSA) is 91.2 Å². The van der Waals surface area contributed by atoms with Crippen LogP contribution in [0, 0.1) is 0 Å². The second-order valence-electron chi connectivity index (χ2n) is 6.24. The first kappa shape index (κ1) is 18.0. The third-order valence-electron chi connectivity index (χ3n) is 4.00. The van der Waals surface area contributed by atoms with E-state index < -0.39 is 0 Å². The van der Waals surface area contributed by atoms with Gasteiger partial charge in [0, 0.05) is 24.5 Å². The van der Waals surface area contributed by atoms with Gasteiger partial charge < -0.3 is 15.3 Å². The Kier molecular flexibility index (Phi) is 5.51. The van der Waals surface area contributed by atoms with E-state index in [1.165, 1.54) is 11.3 Å². The van der Waals surface area contributed by atoms with E-state index in [1.54, 1.807) is 17.2 Å². The highest BCUT2D eigenvalue weighted by Gasteiger charge is 2.31. The highest BCUT2D eigenvalue weighted by molar-refractivity contribution is 7.16. The minimum absolute atomic E-state index is 0.0268. The first-order chi connectivity index (χ1) is 12.0. The van der Waals surface area contributed by atoms with Crippen LogP contribution in [0.15, 0.2) is 12.3 Å². The molecule has 1 saturated heterocycles. The molecule has 0 saturated carbocycles. The van der Waals surface area contributed by atoms with Gasteiger partial charge in [-0.1, -0.05) is 22.9 Å². The number of carbonyl (C=O) groups excluding carboxylic acids is 1. The zero-order chi connectivity index (χ0) is 18.0. The molecule has 0 aromatic carbocycles. The van der Waals surface area contributed by atoms with Crippen LogP contribution in [0.5, 0.6) is 0 Å². The molecule has 3 rings (SSSR count). The van der Waals surface area contributed by atoms with Gasteiger partial charge in [-0.25, -0.2) is 4.98 Å². The van der Waals surface area contributed by atoms with Crippen molar-refractivity contribution in [3.05, 3.63) is 22.4 Å². The quantitative estimate of drug-likeness (QED) is 0.774. The number of aliphatic hydroxyl groups is 1. The number of nitrogens with one attached hydrogen (secondary N) is 1. The standard InChI is InChI=1S/C16H20ClN5O2S/c1-9(2)19-12-6-13(17)18-7-11(12)14-20-21-15(25-14)16(24)22-5-3-4-10(22)8-23/h6-7,9-10,23H,3-5,8H2,1-2H3,(H,18,19). The third kappa shape index (κ3) is 3.91. The first-order valence-corrected chi connectivity index (χ1v) is 9.36. The molecule has 2 N–H and O–H groups in total. The van der Waals surface area contributed by atoms with Crippen molar-refractivity contribution in [2.75, 3.05) is 18.5 Å². The molecular weight excluding hydrogens is 362 g/mol. The molecule has 9 heteroatoms. The van der Waals surface area contributed by atoms with Crippen LogP contribution >= 0.6 is 22.9 Å². The molecular formula is C16H20ClN5O2S. The van der Waals surface area contributed by atoms with Crippen LogP contribution in [-0.4, -0.2) is 56.3 Å². The fourth-order valence-electron chi connectivity index (χ4n) is 2.86. The number of aliphatic hydroxyl groups excluding tert-OH is 1. The molecule has 1 aliphatic rings. The highest BCUT2D eigenvalue weighted by atomic mass is 35.5. The molecule has 2 aromatic rings. The van der Waals surface area contributed by atoms with Crippen LogP contribution in [0.3, 0.4) is 0 Å². The van der Waals surface area contributed by atoms with Gasteiger partial charge in [0.1, 0.15) is 5.15 Å². The molecule has 1 amide bonds. The Balaban J connectivity index is 1.88. The largest absolute Gasteiger partial charge is 0.394 e. The second-order valence-corrected chi connectivity index (χ2v) is 7.61. The van der Waals surface area contributed by atoms with Crippen molar-refractivity contribution in [3.63, 3.8) is 0 Å². The number of hydrogen-bond donors (Lipinski definition) is 2. The number of aromatic nitrogens is 3. The number of amides is 1. The summed E-state index contributed by atoms with van der Waals surface area (Å²) in [6.07, 6.45) is 3.35. The summed E-state index contributed by atoms with van der Waals surface area (Å²) >= 11 is 7.22. The van der Waals surface area contributed by atoms with Crippen LogP contribution in [0.2, 0.25) is 5.15 Å². The minimum Gasteiger partial charge on any atom is -0.394 e. The normalized spacial score (nSPS) is 17.3. The van der Waals surface area contributed by atoms with Crippen LogP contribution in [0.25, 0.3) is 10.6 Å². The summed E-state index contributed by atoms with van der Waals surface area (Å²) in [6.45, 7) is 4.66. The number of likely N-dealkylation sites (tertiary alicyclic amines) is 1. The number of pyridine rings is 1. The molecule has 7 nitrogen and oxygen atoms in total. The van der Waals surface area contributed by atoms with Gasteiger partial charge in [0.05, 0.1) is 18.2 Å². The Morgan fingerprint density at radius 1 is 1.52 bits per heavy atom. The third-order valence-corrected chi connectivity index (χ3v) is 5.15. The molecule has 0 bridgehead atoms. The number of anilines is 1. The molecule has 0 spiro atoms. The summed E-state index contributed by atoms with van der Waals surface area (Å²) in [6, 6.07) is 1.82. The number of halogens is 1. The maximum atomic E-state index is 12.6. The van der Waals surface area contributed by atoms with E-state index >= 15 is 0 Å². The Morgan fingerprint density at radius 3 is 3.04 bits per heavy atom. The summed E-state index contributed by atoms with van der Waals surface area (Å²) in [5.41, 5.74) is 1.56. The molecule has 1 atom stereocenters. The molecule has 1 aliphatic heterocycles. The van der Waals surface area contributed by atoms with Crippen molar-refractivity contribution >= 4 is 34.5 Å². The van der Waals surface area contributed by atoms with Gasteiger partial charge in [0.25, 0.3) is 5.91 Å². The zero-order valence-corrected chi connectivity index (χ0v) is 15.6. The van der Waals surface area contributed by atoms with Gasteiger partial charge >= 0.3 is 0 Å². The summed E-state index contributed by atoms with van der Waals surface area (Å²) in [5.74, 6) is -0.180. The van der Waals surface area contributed by atoms with Gasteiger partial charge in [-0.15, -0.1) is 10.2 Å². The van der Waals surface area contributed by atoms with Gasteiger partial charge in [0.15, 0.2) is 5.01 Å². The fraction of sp³-hybridized carbons (Fsp3) is 0.500. The first-order valence-electron chi connectivity index (χ1n) is 8.17. The van der Waals surface area contributed by atoms with Crippen LogP contribution in [-0.2, 0) is 0 Å². The Morgan fingerprint density at radius 2 is 2.32 bits per heavy atom. The van der Waals surface area contributed by atoms with E-state index in [9.17, 15) is 9.90 Å². The number of rotatable bonds is 5. The Bertz CT molecular complexity index is 767. The van der Waals surface area contributed by atoms with Crippen molar-refractivity contribution in [1.82, 2.24) is 20.1 Å². The monoisotopic (exact) mass is 381 g/mol. The van der Waals surface area contributed by atoms with E-state index in [0.717, 1.165) is 24.1 Å². The molecule has 134 valence electrons. The lowest BCUT2D eigenvalue weighted by Crippen LogP contribution is -2.37. The summed E-state index contributed by atoms with van der Waals surface area (Å²) in [5, 5.41) is 22.2. The molecule has 2 aromatic heterocycles. The smallest absolute Gasteiger partial charge is 0.285 e. The summed E-state index contributed by atoms with van der Waals surface area (Å²) in [7, 11) is 0. The zero-order valence-electron chi connectivity index (χ0n) is 14.1. The fourth-order valence-corrected chi connectivity index (χ4v) is 3.85. The predicted octanol–water partition coefficient (Wildman–Crippen LogP) is 2.67. The van der Waals surface area contributed by atoms with Crippen LogP contribution < -0.4 is 5.32 Å². The van der Waals surface area contributed by atoms with Crippen LogP contribution in [0.4, 0.5) is 5.69 Å². The van der Waals surface area contributed by atoms with Crippen molar-refractivity contribution in [1.29, 1.82) is 0 Å². The van der Waals surface area contributed by atoms with E-state index in [2.05, 4.69) is 20.5 Å². The highest BCUT2D eigenvalue weighted by Crippen LogP contribution is 2.32. The van der Waals surface area contributed by atoms with E-state index in [4.69, 9.17) is 11.6 Å². The molecule has 1 unspecified atom stereocenters. The van der Waals surface area contributed by atoms with E-state index in [1.807, 2.05) is 13.8 Å². The van der Waals surface area contributed by atoms with Gasteiger partial charge in [0.2, 0.25) is 5.01 Å². The lowest BCUT2D eigenvalue weighted by Gasteiger charge is -2.21. The molecule has 25 heavy (non-hydrogen) atoms. The maximum absolute atomic E-state index is 12.6. The maximum Gasteiger partial charge on any atom is 0.285 e. The lowest BCUT2D eigenvalue weighted by atomic mass is 10.2. The molecule has 3 heterocycles. The number of carbonyl (C=O) groups is 1. The van der Waals surface area contributed by atoms with Crippen LogP contribution in [0.1, 0.15) is 36.5 Å². The van der Waals surface area contributed by atoms with Gasteiger partial charge in [-0.2, -0.15) is 0 Å². The average molecular weight is 382 g/mol. The van der Waals surface area contributed by atoms with Crippen molar-refractivity contribution in [3.8, 4) is 10.6 Å². The van der Waals surface area contributed by atoms with Gasteiger partial charge in [-0.3, -0.25) is 4.79 Å². The lowest BCUT2D eigenvalue weighted by molar-refractivity contribution is 0.0676. The predicted molar refractivity (Wildman–Crippen MR) is 98.1 cm³/mol.